The third-order valence-electron chi connectivity index (χ3n) is 4.58. The van der Waals surface area contributed by atoms with Crippen molar-refractivity contribution in [3.63, 3.8) is 0 Å². The number of tetrazole rings is 1. The van der Waals surface area contributed by atoms with Crippen molar-refractivity contribution >= 4 is 8.80 Å². The van der Waals surface area contributed by atoms with Crippen molar-refractivity contribution in [1.29, 1.82) is 0 Å². The van der Waals surface area contributed by atoms with Gasteiger partial charge in [-0.3, -0.25) is 0 Å². The molecule has 0 aliphatic rings. The highest BCUT2D eigenvalue weighted by molar-refractivity contribution is 6.60. The second kappa shape index (κ2) is 16.2. The molecule has 0 saturated carbocycles. The average Bonchev–Trinajstić information content (AvgIpc) is 3.17. The Morgan fingerprint density at radius 2 is 1.19 bits per heavy atom. The number of aryl methyl sites for hydroxylation is 1. The summed E-state index contributed by atoms with van der Waals surface area (Å²) >= 11 is 0. The van der Waals surface area contributed by atoms with Crippen LogP contribution in [-0.2, 0) is 19.8 Å². The lowest BCUT2D eigenvalue weighted by Gasteiger charge is -2.28. The maximum atomic E-state index is 5.91. The number of unbranched alkanes of at least 4 members (excludes halogenated alkanes) is 9. The Morgan fingerprint density at radius 1 is 0.704 bits per heavy atom. The second-order valence-electron chi connectivity index (χ2n) is 6.80. The molecule has 0 aliphatic carbocycles. The van der Waals surface area contributed by atoms with Crippen molar-refractivity contribution in [3.8, 4) is 0 Å². The van der Waals surface area contributed by atoms with E-state index in [2.05, 4.69) is 15.4 Å². The van der Waals surface area contributed by atoms with Crippen molar-refractivity contribution in [2.24, 2.45) is 0 Å². The molecule has 0 radical (unpaired) electrons. The molecule has 7 nitrogen and oxygen atoms in total. The van der Waals surface area contributed by atoms with Gasteiger partial charge in [-0.2, -0.15) is 4.80 Å². The van der Waals surface area contributed by atoms with Gasteiger partial charge >= 0.3 is 8.80 Å². The highest BCUT2D eigenvalue weighted by Crippen LogP contribution is 2.21. The molecule has 0 aromatic carbocycles. The minimum Gasteiger partial charge on any atom is -0.374 e. The van der Waals surface area contributed by atoms with Gasteiger partial charge in [-0.15, -0.1) is 10.2 Å². The van der Waals surface area contributed by atoms with E-state index in [1.807, 2.05) is 20.8 Å². The van der Waals surface area contributed by atoms with E-state index >= 15 is 0 Å². The molecule has 158 valence electrons. The van der Waals surface area contributed by atoms with Gasteiger partial charge in [0.2, 0.25) is 0 Å². The Labute approximate surface area is 166 Å². The molecule has 0 saturated heterocycles. The van der Waals surface area contributed by atoms with Gasteiger partial charge in [0.15, 0.2) is 6.33 Å². The zero-order valence-corrected chi connectivity index (χ0v) is 18.7. The SMILES string of the molecule is CCO[Si](CCCCCCCCCCCCn1ncnn1)(OCC)OCC. The lowest BCUT2D eigenvalue weighted by Crippen LogP contribution is -2.45. The summed E-state index contributed by atoms with van der Waals surface area (Å²) in [6, 6.07) is 0.948. The van der Waals surface area contributed by atoms with Crippen LogP contribution in [-0.4, -0.2) is 48.8 Å². The largest absolute Gasteiger partial charge is 0.500 e. The van der Waals surface area contributed by atoms with Crippen molar-refractivity contribution in [1.82, 2.24) is 20.2 Å². The van der Waals surface area contributed by atoms with E-state index in [9.17, 15) is 0 Å². The summed E-state index contributed by atoms with van der Waals surface area (Å²) in [5, 5.41) is 11.6. The molecule has 0 bridgehead atoms. The minimum atomic E-state index is -2.42. The Kier molecular flexibility index (Phi) is 14.5. The summed E-state index contributed by atoms with van der Waals surface area (Å²) < 4.78 is 17.7. The molecule has 1 aromatic heterocycles. The van der Waals surface area contributed by atoms with Crippen molar-refractivity contribution in [2.45, 2.75) is 97.6 Å². The fourth-order valence-electron chi connectivity index (χ4n) is 3.30. The molecule has 1 heterocycles. The zero-order chi connectivity index (χ0) is 19.6. The molecular weight excluding hydrogens is 360 g/mol. The van der Waals surface area contributed by atoms with Crippen LogP contribution in [0, 0.1) is 0 Å². The van der Waals surface area contributed by atoms with E-state index in [0.29, 0.717) is 19.8 Å². The number of nitrogens with zero attached hydrogens (tertiary/aromatic N) is 4. The summed E-state index contributed by atoms with van der Waals surface area (Å²) in [5.74, 6) is 0. The summed E-state index contributed by atoms with van der Waals surface area (Å²) in [6.45, 7) is 8.95. The molecule has 1 rings (SSSR count). The van der Waals surface area contributed by atoms with E-state index in [4.69, 9.17) is 13.3 Å². The van der Waals surface area contributed by atoms with Gasteiger partial charge in [-0.05, 0) is 38.8 Å². The Balaban J connectivity index is 1.94. The first-order chi connectivity index (χ1) is 13.3. The van der Waals surface area contributed by atoms with Crippen LogP contribution >= 0.6 is 0 Å². The lowest BCUT2D eigenvalue weighted by atomic mass is 10.1. The van der Waals surface area contributed by atoms with E-state index < -0.39 is 8.80 Å². The number of rotatable bonds is 19. The molecule has 0 fully saturated rings. The van der Waals surface area contributed by atoms with Crippen LogP contribution in [0.15, 0.2) is 6.33 Å². The first kappa shape index (κ1) is 24.2. The molecule has 0 spiro atoms. The molecule has 0 atom stereocenters. The molecule has 27 heavy (non-hydrogen) atoms. The Bertz CT molecular complexity index is 418. The molecule has 0 amide bonds. The van der Waals surface area contributed by atoms with E-state index in [1.54, 1.807) is 4.80 Å². The number of hydrogen-bond donors (Lipinski definition) is 0. The minimum absolute atomic E-state index is 0.668. The fraction of sp³-hybridized carbons (Fsp3) is 0.947. The van der Waals surface area contributed by atoms with Gasteiger partial charge in [0.25, 0.3) is 0 Å². The fourth-order valence-corrected chi connectivity index (χ4v) is 5.99. The van der Waals surface area contributed by atoms with Crippen LogP contribution in [0.4, 0.5) is 0 Å². The Morgan fingerprint density at radius 3 is 1.63 bits per heavy atom. The van der Waals surface area contributed by atoms with E-state index in [-0.39, 0.29) is 0 Å². The van der Waals surface area contributed by atoms with Gasteiger partial charge in [0.05, 0.1) is 6.54 Å². The summed E-state index contributed by atoms with van der Waals surface area (Å²) in [5.41, 5.74) is 0. The van der Waals surface area contributed by atoms with Crippen LogP contribution in [0.5, 0.6) is 0 Å². The number of aromatic nitrogens is 4. The van der Waals surface area contributed by atoms with Gasteiger partial charge in [0, 0.05) is 25.9 Å². The zero-order valence-electron chi connectivity index (χ0n) is 17.7. The number of hydrogen-bond acceptors (Lipinski definition) is 6. The normalized spacial score (nSPS) is 12.0. The third-order valence-corrected chi connectivity index (χ3v) is 7.73. The molecule has 8 heteroatoms. The van der Waals surface area contributed by atoms with Crippen molar-refractivity contribution in [3.05, 3.63) is 6.33 Å². The molecule has 0 unspecified atom stereocenters. The maximum absolute atomic E-state index is 5.91. The van der Waals surface area contributed by atoms with Crippen LogP contribution in [0.1, 0.15) is 85.0 Å². The smallest absolute Gasteiger partial charge is 0.374 e. The standard InChI is InChI=1S/C19H40N4O3Si/c1-4-24-27(25-5-2,26-6-3)18-16-14-12-10-8-7-9-11-13-15-17-23-21-19-20-22-23/h19H,4-18H2,1-3H3. The molecular formula is C19H40N4O3Si. The summed E-state index contributed by atoms with van der Waals surface area (Å²) in [4.78, 5) is 1.67. The molecule has 0 N–H and O–H groups in total. The second-order valence-corrected chi connectivity index (χ2v) is 9.53. The van der Waals surface area contributed by atoms with Gasteiger partial charge in [-0.25, -0.2) is 0 Å². The lowest BCUT2D eigenvalue weighted by molar-refractivity contribution is 0.0706. The van der Waals surface area contributed by atoms with Crippen LogP contribution in [0.2, 0.25) is 6.04 Å². The first-order valence-electron chi connectivity index (χ1n) is 10.9. The van der Waals surface area contributed by atoms with Gasteiger partial charge in [-0.1, -0.05) is 51.4 Å². The Hall–Kier alpha value is -0.833. The maximum Gasteiger partial charge on any atom is 0.500 e. The van der Waals surface area contributed by atoms with E-state index in [0.717, 1.165) is 25.4 Å². The summed E-state index contributed by atoms with van der Waals surface area (Å²) in [7, 11) is -2.42. The van der Waals surface area contributed by atoms with Gasteiger partial charge < -0.3 is 13.3 Å². The first-order valence-corrected chi connectivity index (χ1v) is 12.8. The quantitative estimate of drug-likeness (QED) is 0.249. The third kappa shape index (κ3) is 11.6. The molecule has 1 aromatic rings. The van der Waals surface area contributed by atoms with Crippen LogP contribution in [0.3, 0.4) is 0 Å². The molecule has 0 aliphatic heterocycles. The van der Waals surface area contributed by atoms with Crippen molar-refractivity contribution in [2.75, 3.05) is 19.8 Å². The van der Waals surface area contributed by atoms with Crippen LogP contribution in [0.25, 0.3) is 0 Å². The predicted molar refractivity (Wildman–Crippen MR) is 109 cm³/mol. The predicted octanol–water partition coefficient (Wildman–Crippen LogP) is 4.62. The average molecular weight is 401 g/mol. The van der Waals surface area contributed by atoms with Crippen LogP contribution < -0.4 is 0 Å². The topological polar surface area (TPSA) is 71.3 Å². The van der Waals surface area contributed by atoms with E-state index in [1.165, 1.54) is 57.7 Å². The monoisotopic (exact) mass is 400 g/mol. The summed E-state index contributed by atoms with van der Waals surface area (Å²) in [6.07, 6.45) is 14.2. The van der Waals surface area contributed by atoms with Crippen molar-refractivity contribution < 1.29 is 13.3 Å². The highest BCUT2D eigenvalue weighted by atomic mass is 28.4. The van der Waals surface area contributed by atoms with Gasteiger partial charge in [0.1, 0.15) is 0 Å². The highest BCUT2D eigenvalue weighted by Gasteiger charge is 2.39.